The highest BCUT2D eigenvalue weighted by Crippen LogP contribution is 2.30. The number of ether oxygens (including phenoxy) is 1. The third-order valence-corrected chi connectivity index (χ3v) is 6.03. The Morgan fingerprint density at radius 1 is 1.17 bits per heavy atom. The van der Waals surface area contributed by atoms with E-state index in [0.717, 1.165) is 14.4 Å². The van der Waals surface area contributed by atoms with Gasteiger partial charge in [0.05, 0.1) is 5.56 Å². The van der Waals surface area contributed by atoms with Crippen molar-refractivity contribution in [1.82, 2.24) is 15.2 Å². The first-order valence-electron chi connectivity index (χ1n) is 9.88. The highest BCUT2D eigenvalue weighted by Gasteiger charge is 2.27. The summed E-state index contributed by atoms with van der Waals surface area (Å²) >= 11 is 4.86. The molecule has 1 aliphatic rings. The van der Waals surface area contributed by atoms with Crippen molar-refractivity contribution in [2.24, 2.45) is 0 Å². The molecule has 2 aromatic rings. The predicted octanol–water partition coefficient (Wildman–Crippen LogP) is 5.12. The number of aromatic nitrogens is 1. The molecule has 1 aromatic heterocycles. The Kier molecular flexibility index (Phi) is 7.41. The summed E-state index contributed by atoms with van der Waals surface area (Å²) < 4.78 is 6.24. The summed E-state index contributed by atoms with van der Waals surface area (Å²) in [7, 11) is 0. The van der Waals surface area contributed by atoms with E-state index in [2.05, 4.69) is 26.2 Å². The Morgan fingerprint density at radius 3 is 2.50 bits per heavy atom. The van der Waals surface area contributed by atoms with Crippen molar-refractivity contribution in [3.8, 4) is 0 Å². The summed E-state index contributed by atoms with van der Waals surface area (Å²) in [4.78, 5) is 32.2. The van der Waals surface area contributed by atoms with Crippen molar-refractivity contribution in [2.75, 3.05) is 13.1 Å². The van der Waals surface area contributed by atoms with Gasteiger partial charge in [-0.15, -0.1) is 0 Å². The van der Waals surface area contributed by atoms with Crippen molar-refractivity contribution >= 4 is 39.7 Å². The fourth-order valence-corrected chi connectivity index (χ4v) is 4.25. The molecule has 0 radical (unpaired) electrons. The van der Waals surface area contributed by atoms with Gasteiger partial charge >= 0.3 is 6.09 Å². The van der Waals surface area contributed by atoms with E-state index >= 15 is 0 Å². The summed E-state index contributed by atoms with van der Waals surface area (Å²) in [6.07, 6.45) is 2.74. The van der Waals surface area contributed by atoms with Crippen LogP contribution in [0.5, 0.6) is 0 Å². The van der Waals surface area contributed by atoms with Gasteiger partial charge in [0, 0.05) is 34.7 Å². The first kappa shape index (κ1) is 22.6. The maximum Gasteiger partial charge on any atom is 0.407 e. The van der Waals surface area contributed by atoms with E-state index in [1.54, 1.807) is 6.20 Å². The van der Waals surface area contributed by atoms with Gasteiger partial charge in [-0.2, -0.15) is 0 Å². The summed E-state index contributed by atoms with van der Waals surface area (Å²) in [5.41, 5.74) is 0.150. The molecule has 2 heterocycles. The number of hydrogen-bond donors (Lipinski definition) is 1. The first-order valence-corrected chi connectivity index (χ1v) is 11.5. The van der Waals surface area contributed by atoms with Crippen LogP contribution in [0.2, 0.25) is 0 Å². The van der Waals surface area contributed by atoms with Crippen LogP contribution >= 0.6 is 27.7 Å². The minimum Gasteiger partial charge on any atom is -0.444 e. The van der Waals surface area contributed by atoms with E-state index in [0.29, 0.717) is 31.5 Å². The third-order valence-electron chi connectivity index (χ3n) is 4.54. The topological polar surface area (TPSA) is 71.5 Å². The summed E-state index contributed by atoms with van der Waals surface area (Å²) in [5, 5.41) is 3.74. The Balaban J connectivity index is 1.60. The lowest BCUT2D eigenvalue weighted by molar-refractivity contribution is 0.0473. The second-order valence-corrected chi connectivity index (χ2v) is 10.1. The van der Waals surface area contributed by atoms with Crippen LogP contribution in [-0.4, -0.2) is 46.6 Å². The molecular formula is C22H26BrN3O3S. The maximum atomic E-state index is 13.2. The van der Waals surface area contributed by atoms with Crippen molar-refractivity contribution in [3.05, 3.63) is 52.6 Å². The molecule has 3 rings (SSSR count). The van der Waals surface area contributed by atoms with Crippen LogP contribution < -0.4 is 5.32 Å². The van der Waals surface area contributed by atoms with Gasteiger partial charge in [-0.05, 0) is 73.8 Å². The molecule has 1 N–H and O–H groups in total. The third kappa shape index (κ3) is 6.47. The lowest BCUT2D eigenvalue weighted by Crippen LogP contribution is -2.47. The van der Waals surface area contributed by atoms with Gasteiger partial charge in [0.2, 0.25) is 0 Å². The lowest BCUT2D eigenvalue weighted by atomic mass is 10.0. The number of amides is 2. The van der Waals surface area contributed by atoms with E-state index in [1.165, 1.54) is 11.8 Å². The molecule has 30 heavy (non-hydrogen) atoms. The van der Waals surface area contributed by atoms with Crippen molar-refractivity contribution in [2.45, 2.75) is 55.2 Å². The SMILES string of the molecule is CC(C)(C)OC(=O)NC1CCN(C(=O)c2ccccc2Sc2ccc(Br)cn2)CC1. The molecule has 1 aliphatic heterocycles. The number of carbonyl (C=O) groups is 2. The Labute approximate surface area is 189 Å². The number of nitrogens with zero attached hydrogens (tertiary/aromatic N) is 2. The van der Waals surface area contributed by atoms with E-state index in [4.69, 9.17) is 4.74 Å². The number of pyridine rings is 1. The molecule has 1 fully saturated rings. The van der Waals surface area contributed by atoms with Crippen LogP contribution in [0.25, 0.3) is 0 Å². The summed E-state index contributed by atoms with van der Waals surface area (Å²) in [6.45, 7) is 6.71. The number of halogens is 1. The highest BCUT2D eigenvalue weighted by atomic mass is 79.9. The Morgan fingerprint density at radius 2 is 1.87 bits per heavy atom. The smallest absolute Gasteiger partial charge is 0.407 e. The molecule has 8 heteroatoms. The molecular weight excluding hydrogens is 466 g/mol. The molecule has 0 aliphatic carbocycles. The van der Waals surface area contributed by atoms with Gasteiger partial charge in [0.15, 0.2) is 0 Å². The number of carbonyl (C=O) groups excluding carboxylic acids is 2. The molecule has 0 bridgehead atoms. The standard InChI is InChI=1S/C22H26BrN3O3S/c1-22(2,3)29-21(28)25-16-10-12-26(13-11-16)20(27)17-6-4-5-7-18(17)30-19-9-8-15(23)14-24-19/h4-9,14,16H,10-13H2,1-3H3,(H,25,28). The van der Waals surface area contributed by atoms with Gasteiger partial charge < -0.3 is 15.0 Å². The molecule has 6 nitrogen and oxygen atoms in total. The molecule has 0 spiro atoms. The zero-order valence-corrected chi connectivity index (χ0v) is 19.8. The van der Waals surface area contributed by atoms with Crippen molar-refractivity contribution < 1.29 is 14.3 Å². The van der Waals surface area contributed by atoms with Gasteiger partial charge in [-0.25, -0.2) is 9.78 Å². The predicted molar refractivity (Wildman–Crippen MR) is 121 cm³/mol. The van der Waals surface area contributed by atoms with Crippen LogP contribution in [-0.2, 0) is 4.74 Å². The van der Waals surface area contributed by atoms with E-state index in [1.807, 2.05) is 62.1 Å². The van der Waals surface area contributed by atoms with Crippen molar-refractivity contribution in [3.63, 3.8) is 0 Å². The number of likely N-dealkylation sites (tertiary alicyclic amines) is 1. The number of piperidine rings is 1. The average molecular weight is 492 g/mol. The number of hydrogen-bond acceptors (Lipinski definition) is 5. The summed E-state index contributed by atoms with van der Waals surface area (Å²) in [5.74, 6) is 0.00549. The second kappa shape index (κ2) is 9.83. The maximum absolute atomic E-state index is 13.2. The zero-order valence-electron chi connectivity index (χ0n) is 17.4. The molecule has 2 amide bonds. The second-order valence-electron chi connectivity index (χ2n) is 8.13. The first-order chi connectivity index (χ1) is 14.2. The minimum absolute atomic E-state index is 0.00549. The Hall–Kier alpha value is -2.06. The van der Waals surface area contributed by atoms with Crippen LogP contribution in [0.3, 0.4) is 0 Å². The molecule has 0 saturated carbocycles. The van der Waals surface area contributed by atoms with Crippen molar-refractivity contribution in [1.29, 1.82) is 0 Å². The number of nitrogens with one attached hydrogen (secondary N) is 1. The minimum atomic E-state index is -0.522. The molecule has 0 atom stereocenters. The number of alkyl carbamates (subject to hydrolysis) is 1. The van der Waals surface area contributed by atoms with E-state index in [9.17, 15) is 9.59 Å². The highest BCUT2D eigenvalue weighted by molar-refractivity contribution is 9.10. The molecule has 0 unspecified atom stereocenters. The summed E-state index contributed by atoms with van der Waals surface area (Å²) in [6, 6.07) is 11.5. The average Bonchev–Trinajstić information content (AvgIpc) is 2.69. The van der Waals surface area contributed by atoms with Gasteiger partial charge in [-0.1, -0.05) is 23.9 Å². The zero-order chi connectivity index (χ0) is 21.7. The van der Waals surface area contributed by atoms with Crippen LogP contribution in [0.4, 0.5) is 4.79 Å². The fraction of sp³-hybridized carbons (Fsp3) is 0.409. The molecule has 1 aromatic carbocycles. The van der Waals surface area contributed by atoms with Gasteiger partial charge in [0.25, 0.3) is 5.91 Å². The lowest BCUT2D eigenvalue weighted by Gasteiger charge is -2.33. The number of benzene rings is 1. The van der Waals surface area contributed by atoms with Crippen LogP contribution in [0.15, 0.2) is 57.0 Å². The van der Waals surface area contributed by atoms with E-state index < -0.39 is 11.7 Å². The fourth-order valence-electron chi connectivity index (χ4n) is 3.14. The molecule has 160 valence electrons. The Bertz CT molecular complexity index is 891. The molecule has 1 saturated heterocycles. The quantitative estimate of drug-likeness (QED) is 0.641. The van der Waals surface area contributed by atoms with Crippen LogP contribution in [0.1, 0.15) is 44.0 Å². The monoisotopic (exact) mass is 491 g/mol. The van der Waals surface area contributed by atoms with Crippen LogP contribution in [0, 0.1) is 0 Å². The van der Waals surface area contributed by atoms with Gasteiger partial charge in [-0.3, -0.25) is 4.79 Å². The number of rotatable bonds is 4. The van der Waals surface area contributed by atoms with Gasteiger partial charge in [0.1, 0.15) is 10.6 Å². The normalized spacial score (nSPS) is 15.0. The van der Waals surface area contributed by atoms with E-state index in [-0.39, 0.29) is 11.9 Å². The largest absolute Gasteiger partial charge is 0.444 e.